The molecular formula is C16H26N2O. The molecule has 1 atom stereocenters. The van der Waals surface area contributed by atoms with Crippen LogP contribution in [0, 0.1) is 6.92 Å². The summed E-state index contributed by atoms with van der Waals surface area (Å²) in [6.07, 6.45) is 1.07. The van der Waals surface area contributed by atoms with E-state index in [9.17, 15) is 0 Å². The Morgan fingerprint density at radius 3 is 2.74 bits per heavy atom. The van der Waals surface area contributed by atoms with E-state index in [0.717, 1.165) is 45.0 Å². The highest BCUT2D eigenvalue weighted by Gasteiger charge is 2.18. The molecule has 106 valence electrons. The zero-order chi connectivity index (χ0) is 13.7. The fourth-order valence-electron chi connectivity index (χ4n) is 2.73. The first-order chi connectivity index (χ1) is 9.20. The maximum Gasteiger partial charge on any atom is 0.122 e. The monoisotopic (exact) mass is 262 g/mol. The SMILES string of the molecule is CCOc1ccc(C)cc1CC(C)N1CCNCC1. The van der Waals surface area contributed by atoms with Crippen LogP contribution < -0.4 is 10.1 Å². The Labute approximate surface area is 116 Å². The largest absolute Gasteiger partial charge is 0.494 e. The van der Waals surface area contributed by atoms with Gasteiger partial charge in [-0.2, -0.15) is 0 Å². The van der Waals surface area contributed by atoms with Crippen LogP contribution in [0.5, 0.6) is 5.75 Å². The lowest BCUT2D eigenvalue weighted by molar-refractivity contribution is 0.182. The number of ether oxygens (including phenoxy) is 1. The predicted octanol–water partition coefficient (Wildman–Crippen LogP) is 2.23. The number of piperazine rings is 1. The topological polar surface area (TPSA) is 24.5 Å². The first-order valence-corrected chi connectivity index (χ1v) is 7.37. The number of benzene rings is 1. The summed E-state index contributed by atoms with van der Waals surface area (Å²) >= 11 is 0. The van der Waals surface area contributed by atoms with E-state index in [1.54, 1.807) is 0 Å². The fourth-order valence-corrected chi connectivity index (χ4v) is 2.73. The van der Waals surface area contributed by atoms with E-state index in [0.29, 0.717) is 6.04 Å². The van der Waals surface area contributed by atoms with E-state index in [4.69, 9.17) is 4.74 Å². The van der Waals surface area contributed by atoms with Crippen molar-refractivity contribution in [3.63, 3.8) is 0 Å². The Morgan fingerprint density at radius 1 is 1.32 bits per heavy atom. The molecule has 2 rings (SSSR count). The quantitative estimate of drug-likeness (QED) is 0.880. The van der Waals surface area contributed by atoms with Crippen LogP contribution in [-0.4, -0.2) is 43.7 Å². The smallest absolute Gasteiger partial charge is 0.122 e. The van der Waals surface area contributed by atoms with Gasteiger partial charge in [0.25, 0.3) is 0 Å². The number of hydrogen-bond donors (Lipinski definition) is 1. The molecule has 1 aromatic carbocycles. The molecule has 1 heterocycles. The molecular weight excluding hydrogens is 236 g/mol. The van der Waals surface area contributed by atoms with Gasteiger partial charge in [-0.3, -0.25) is 4.90 Å². The Kier molecular flexibility index (Phi) is 5.23. The minimum absolute atomic E-state index is 0.572. The van der Waals surface area contributed by atoms with Crippen LogP contribution in [0.1, 0.15) is 25.0 Å². The molecule has 1 unspecified atom stereocenters. The Morgan fingerprint density at radius 2 is 2.05 bits per heavy atom. The van der Waals surface area contributed by atoms with E-state index in [1.807, 2.05) is 6.92 Å². The molecule has 1 saturated heterocycles. The summed E-state index contributed by atoms with van der Waals surface area (Å²) in [5, 5.41) is 3.41. The van der Waals surface area contributed by atoms with Crippen molar-refractivity contribution in [1.82, 2.24) is 10.2 Å². The number of nitrogens with zero attached hydrogens (tertiary/aromatic N) is 1. The number of rotatable bonds is 5. The minimum Gasteiger partial charge on any atom is -0.494 e. The predicted molar refractivity (Wildman–Crippen MR) is 80.0 cm³/mol. The Hall–Kier alpha value is -1.06. The van der Waals surface area contributed by atoms with Crippen molar-refractivity contribution in [3.8, 4) is 5.75 Å². The summed E-state index contributed by atoms with van der Waals surface area (Å²) in [6, 6.07) is 7.08. The van der Waals surface area contributed by atoms with Crippen molar-refractivity contribution in [2.75, 3.05) is 32.8 Å². The third-order valence-electron chi connectivity index (χ3n) is 3.81. The van der Waals surface area contributed by atoms with Gasteiger partial charge in [-0.05, 0) is 38.8 Å². The summed E-state index contributed by atoms with van der Waals surface area (Å²) in [5.41, 5.74) is 2.65. The Balaban J connectivity index is 2.05. The van der Waals surface area contributed by atoms with Crippen LogP contribution in [0.15, 0.2) is 18.2 Å². The maximum atomic E-state index is 5.75. The highest BCUT2D eigenvalue weighted by Crippen LogP contribution is 2.23. The van der Waals surface area contributed by atoms with Gasteiger partial charge in [0.1, 0.15) is 5.75 Å². The summed E-state index contributed by atoms with van der Waals surface area (Å²) < 4.78 is 5.75. The molecule has 0 spiro atoms. The molecule has 1 aliphatic rings. The lowest BCUT2D eigenvalue weighted by Gasteiger charge is -2.33. The summed E-state index contributed by atoms with van der Waals surface area (Å²) in [5.74, 6) is 1.05. The van der Waals surface area contributed by atoms with Gasteiger partial charge in [-0.15, -0.1) is 0 Å². The molecule has 1 aromatic rings. The highest BCUT2D eigenvalue weighted by molar-refractivity contribution is 5.37. The van der Waals surface area contributed by atoms with Crippen molar-refractivity contribution in [2.24, 2.45) is 0 Å². The molecule has 0 radical (unpaired) electrons. The van der Waals surface area contributed by atoms with Gasteiger partial charge in [-0.25, -0.2) is 0 Å². The van der Waals surface area contributed by atoms with Crippen LogP contribution in [-0.2, 0) is 6.42 Å². The lowest BCUT2D eigenvalue weighted by Crippen LogP contribution is -2.48. The van der Waals surface area contributed by atoms with Crippen molar-refractivity contribution < 1.29 is 4.74 Å². The highest BCUT2D eigenvalue weighted by atomic mass is 16.5. The lowest BCUT2D eigenvalue weighted by atomic mass is 10.0. The van der Waals surface area contributed by atoms with Crippen LogP contribution >= 0.6 is 0 Å². The van der Waals surface area contributed by atoms with E-state index in [2.05, 4.69) is 42.3 Å². The van der Waals surface area contributed by atoms with Gasteiger partial charge in [0, 0.05) is 32.2 Å². The van der Waals surface area contributed by atoms with Crippen LogP contribution in [0.3, 0.4) is 0 Å². The van der Waals surface area contributed by atoms with Crippen LogP contribution in [0.2, 0.25) is 0 Å². The number of aryl methyl sites for hydroxylation is 1. The van der Waals surface area contributed by atoms with Gasteiger partial charge in [0.2, 0.25) is 0 Å². The summed E-state index contributed by atoms with van der Waals surface area (Å²) in [7, 11) is 0. The molecule has 1 aliphatic heterocycles. The summed E-state index contributed by atoms with van der Waals surface area (Å²) in [4.78, 5) is 2.56. The molecule has 3 heteroatoms. The second-order valence-corrected chi connectivity index (χ2v) is 5.38. The second-order valence-electron chi connectivity index (χ2n) is 5.38. The molecule has 0 aromatic heterocycles. The molecule has 0 saturated carbocycles. The molecule has 0 amide bonds. The fraction of sp³-hybridized carbons (Fsp3) is 0.625. The van der Waals surface area contributed by atoms with Crippen molar-refractivity contribution in [1.29, 1.82) is 0 Å². The Bertz CT molecular complexity index is 400. The summed E-state index contributed by atoms with van der Waals surface area (Å²) in [6.45, 7) is 11.8. The third kappa shape index (κ3) is 3.95. The molecule has 19 heavy (non-hydrogen) atoms. The molecule has 0 bridgehead atoms. The zero-order valence-corrected chi connectivity index (χ0v) is 12.4. The standard InChI is InChI=1S/C16H26N2O/c1-4-19-16-6-5-13(2)11-15(16)12-14(3)18-9-7-17-8-10-18/h5-6,11,14,17H,4,7-10,12H2,1-3H3. The first-order valence-electron chi connectivity index (χ1n) is 7.37. The van der Waals surface area contributed by atoms with Crippen molar-refractivity contribution in [2.45, 2.75) is 33.2 Å². The van der Waals surface area contributed by atoms with Crippen molar-refractivity contribution in [3.05, 3.63) is 29.3 Å². The van der Waals surface area contributed by atoms with E-state index in [1.165, 1.54) is 11.1 Å². The average Bonchev–Trinajstić information content (AvgIpc) is 2.43. The van der Waals surface area contributed by atoms with Gasteiger partial charge >= 0.3 is 0 Å². The van der Waals surface area contributed by atoms with E-state index < -0.39 is 0 Å². The molecule has 0 aliphatic carbocycles. The van der Waals surface area contributed by atoms with Crippen LogP contribution in [0.4, 0.5) is 0 Å². The molecule has 1 fully saturated rings. The minimum atomic E-state index is 0.572. The third-order valence-corrected chi connectivity index (χ3v) is 3.81. The second kappa shape index (κ2) is 6.92. The molecule has 1 N–H and O–H groups in total. The van der Waals surface area contributed by atoms with E-state index in [-0.39, 0.29) is 0 Å². The first kappa shape index (κ1) is 14.4. The maximum absolute atomic E-state index is 5.75. The van der Waals surface area contributed by atoms with Crippen molar-refractivity contribution >= 4 is 0 Å². The number of hydrogen-bond acceptors (Lipinski definition) is 3. The van der Waals surface area contributed by atoms with Gasteiger partial charge < -0.3 is 10.1 Å². The van der Waals surface area contributed by atoms with Gasteiger partial charge in [0.05, 0.1) is 6.61 Å². The van der Waals surface area contributed by atoms with Gasteiger partial charge in [0.15, 0.2) is 0 Å². The van der Waals surface area contributed by atoms with Gasteiger partial charge in [-0.1, -0.05) is 17.7 Å². The van der Waals surface area contributed by atoms with E-state index >= 15 is 0 Å². The normalized spacial score (nSPS) is 18.3. The molecule has 3 nitrogen and oxygen atoms in total. The van der Waals surface area contributed by atoms with Crippen LogP contribution in [0.25, 0.3) is 0 Å². The number of nitrogens with one attached hydrogen (secondary N) is 1. The zero-order valence-electron chi connectivity index (χ0n) is 12.4. The average molecular weight is 262 g/mol.